The lowest BCUT2D eigenvalue weighted by atomic mass is 9.93. The van der Waals surface area contributed by atoms with Crippen molar-refractivity contribution in [2.24, 2.45) is 0 Å². The van der Waals surface area contributed by atoms with Crippen LogP contribution in [0.3, 0.4) is 0 Å². The van der Waals surface area contributed by atoms with Crippen molar-refractivity contribution in [2.75, 3.05) is 0 Å². The smallest absolute Gasteiger partial charge is 0.290 e. The molecule has 1 aromatic rings. The van der Waals surface area contributed by atoms with Crippen LogP contribution in [0.2, 0.25) is 0 Å². The van der Waals surface area contributed by atoms with Crippen LogP contribution in [-0.2, 0) is 10.1 Å². The fourth-order valence-corrected chi connectivity index (χ4v) is 2.41. The topological polar surface area (TPSA) is 85.9 Å². The molecule has 0 heterocycles. The molecule has 1 aliphatic rings. The summed E-state index contributed by atoms with van der Waals surface area (Å²) in [6.45, 7) is 0. The predicted molar refractivity (Wildman–Crippen MR) is 66.2 cm³/mol. The van der Waals surface area contributed by atoms with Gasteiger partial charge in [0, 0.05) is 5.92 Å². The van der Waals surface area contributed by atoms with Crippen molar-refractivity contribution < 1.29 is 18.4 Å². The molecule has 5 heteroatoms. The largest absolute Gasteiger partial charge is 0.412 e. The van der Waals surface area contributed by atoms with Crippen molar-refractivity contribution in [3.8, 4) is 0 Å². The Morgan fingerprint density at radius 1 is 1.18 bits per heavy atom. The molecule has 1 aliphatic carbocycles. The molecule has 0 bridgehead atoms. The molecule has 0 saturated carbocycles. The predicted octanol–water partition coefficient (Wildman–Crippen LogP) is 1.68. The number of allylic oxidation sites excluding steroid dienone is 4. The third kappa shape index (κ3) is 3.26. The highest BCUT2D eigenvalue weighted by molar-refractivity contribution is 7.89. The van der Waals surface area contributed by atoms with Gasteiger partial charge in [0.1, 0.15) is 0 Å². The maximum absolute atomic E-state index is 11.0. The number of hydrogen-bond acceptors (Lipinski definition) is 2. The van der Waals surface area contributed by atoms with Crippen molar-refractivity contribution in [2.45, 2.75) is 12.3 Å². The highest BCUT2D eigenvalue weighted by Crippen LogP contribution is 2.30. The standard InChI is InChI=1S/C12H12O3S.H2O/c13-16(14,15)12-8-4-7-11(9-12)10-5-2-1-3-6-10;/h1-8,11H,9H2,(H,13,14,15);1H2. The molecular weight excluding hydrogens is 240 g/mol. The molecule has 0 fully saturated rings. The van der Waals surface area contributed by atoms with E-state index in [9.17, 15) is 8.42 Å². The average molecular weight is 254 g/mol. The van der Waals surface area contributed by atoms with Crippen molar-refractivity contribution >= 4 is 10.1 Å². The van der Waals surface area contributed by atoms with E-state index in [0.29, 0.717) is 6.42 Å². The summed E-state index contributed by atoms with van der Waals surface area (Å²) in [5.74, 6) is 0.0168. The van der Waals surface area contributed by atoms with E-state index < -0.39 is 10.1 Å². The molecule has 0 amide bonds. The van der Waals surface area contributed by atoms with Gasteiger partial charge in [0.15, 0.2) is 0 Å². The first-order chi connectivity index (χ1) is 7.57. The van der Waals surface area contributed by atoms with E-state index in [1.54, 1.807) is 6.08 Å². The van der Waals surface area contributed by atoms with E-state index >= 15 is 0 Å². The second kappa shape index (κ2) is 5.27. The maximum Gasteiger partial charge on any atom is 0.290 e. The molecular formula is C12H14O4S. The van der Waals surface area contributed by atoms with E-state index in [1.807, 2.05) is 36.4 Å². The first kappa shape index (κ1) is 13.6. The van der Waals surface area contributed by atoms with E-state index in [1.165, 1.54) is 6.08 Å². The summed E-state index contributed by atoms with van der Waals surface area (Å²) in [6, 6.07) is 9.63. The van der Waals surface area contributed by atoms with Gasteiger partial charge >= 0.3 is 0 Å². The van der Waals surface area contributed by atoms with Crippen LogP contribution in [-0.4, -0.2) is 18.4 Å². The SMILES string of the molecule is O.O=S(=O)(O)C1=CC=CC(c2ccccc2)C1. The average Bonchev–Trinajstić information content (AvgIpc) is 2.29. The molecule has 0 spiro atoms. The first-order valence-electron chi connectivity index (χ1n) is 4.97. The van der Waals surface area contributed by atoms with Crippen LogP contribution in [0.5, 0.6) is 0 Å². The molecule has 3 N–H and O–H groups in total. The third-order valence-electron chi connectivity index (χ3n) is 2.61. The van der Waals surface area contributed by atoms with Gasteiger partial charge in [0.25, 0.3) is 10.1 Å². The van der Waals surface area contributed by atoms with Crippen LogP contribution < -0.4 is 0 Å². The number of benzene rings is 1. The zero-order valence-electron chi connectivity index (χ0n) is 9.08. The zero-order chi connectivity index (χ0) is 11.6. The van der Waals surface area contributed by atoms with Crippen molar-refractivity contribution in [3.05, 3.63) is 59.0 Å². The molecule has 2 rings (SSSR count). The Labute approximate surface area is 100 Å². The van der Waals surface area contributed by atoms with Gasteiger partial charge in [-0.1, -0.05) is 42.5 Å². The maximum atomic E-state index is 11.0. The van der Waals surface area contributed by atoms with Gasteiger partial charge in [-0.05, 0) is 18.1 Å². The monoisotopic (exact) mass is 254 g/mol. The molecule has 1 atom stereocenters. The highest BCUT2D eigenvalue weighted by atomic mass is 32.2. The summed E-state index contributed by atoms with van der Waals surface area (Å²) in [4.78, 5) is 0.0730. The Kier molecular flexibility index (Phi) is 4.22. The molecule has 17 heavy (non-hydrogen) atoms. The van der Waals surface area contributed by atoms with Crippen LogP contribution in [0.4, 0.5) is 0 Å². The molecule has 92 valence electrons. The zero-order valence-corrected chi connectivity index (χ0v) is 9.89. The summed E-state index contributed by atoms with van der Waals surface area (Å²) < 4.78 is 31.0. The minimum atomic E-state index is -4.06. The lowest BCUT2D eigenvalue weighted by molar-refractivity contribution is 0.488. The number of rotatable bonds is 2. The first-order valence-corrected chi connectivity index (χ1v) is 6.41. The van der Waals surface area contributed by atoms with Crippen LogP contribution in [0.15, 0.2) is 53.5 Å². The second-order valence-corrected chi connectivity index (χ2v) is 5.19. The third-order valence-corrected chi connectivity index (χ3v) is 3.57. The molecule has 4 nitrogen and oxygen atoms in total. The molecule has 0 aliphatic heterocycles. The van der Waals surface area contributed by atoms with Crippen molar-refractivity contribution in [3.63, 3.8) is 0 Å². The van der Waals surface area contributed by atoms with Gasteiger partial charge in [-0.2, -0.15) is 8.42 Å². The second-order valence-electron chi connectivity index (χ2n) is 3.71. The van der Waals surface area contributed by atoms with Crippen LogP contribution in [0.25, 0.3) is 0 Å². The molecule has 0 radical (unpaired) electrons. The summed E-state index contributed by atoms with van der Waals surface area (Å²) in [5, 5.41) is 0. The summed E-state index contributed by atoms with van der Waals surface area (Å²) in [6.07, 6.45) is 5.36. The van der Waals surface area contributed by atoms with E-state index in [0.717, 1.165) is 5.56 Å². The van der Waals surface area contributed by atoms with Gasteiger partial charge in [0.2, 0.25) is 0 Å². The Balaban J connectivity index is 0.00000144. The van der Waals surface area contributed by atoms with Crippen LogP contribution in [0.1, 0.15) is 17.9 Å². The van der Waals surface area contributed by atoms with Crippen LogP contribution in [0, 0.1) is 0 Å². The summed E-state index contributed by atoms with van der Waals surface area (Å²) in [7, 11) is -4.06. The van der Waals surface area contributed by atoms with Gasteiger partial charge in [0.05, 0.1) is 4.91 Å². The lowest BCUT2D eigenvalue weighted by Gasteiger charge is -2.16. The van der Waals surface area contributed by atoms with Crippen molar-refractivity contribution in [1.29, 1.82) is 0 Å². The van der Waals surface area contributed by atoms with Gasteiger partial charge < -0.3 is 5.48 Å². The van der Waals surface area contributed by atoms with Gasteiger partial charge in [-0.3, -0.25) is 4.55 Å². The molecule has 1 aromatic carbocycles. The quantitative estimate of drug-likeness (QED) is 0.814. The van der Waals surface area contributed by atoms with Crippen molar-refractivity contribution in [1.82, 2.24) is 0 Å². The Morgan fingerprint density at radius 2 is 1.82 bits per heavy atom. The molecule has 1 unspecified atom stereocenters. The van der Waals surface area contributed by atoms with E-state index in [4.69, 9.17) is 4.55 Å². The number of hydrogen-bond donors (Lipinski definition) is 1. The Bertz CT molecular complexity index is 529. The minimum absolute atomic E-state index is 0. The normalized spacial score (nSPS) is 19.4. The van der Waals surface area contributed by atoms with Crippen LogP contribution >= 0.6 is 0 Å². The lowest BCUT2D eigenvalue weighted by Crippen LogP contribution is -2.08. The summed E-state index contributed by atoms with van der Waals surface area (Å²) in [5.41, 5.74) is 1.05. The fourth-order valence-electron chi connectivity index (χ4n) is 1.77. The van der Waals surface area contributed by atoms with E-state index in [-0.39, 0.29) is 16.3 Å². The van der Waals surface area contributed by atoms with Gasteiger partial charge in [-0.15, -0.1) is 0 Å². The molecule has 0 aromatic heterocycles. The Hall–Kier alpha value is -1.43. The van der Waals surface area contributed by atoms with Gasteiger partial charge in [-0.25, -0.2) is 0 Å². The minimum Gasteiger partial charge on any atom is -0.412 e. The van der Waals surface area contributed by atoms with E-state index in [2.05, 4.69) is 0 Å². The summed E-state index contributed by atoms with van der Waals surface area (Å²) >= 11 is 0. The Morgan fingerprint density at radius 3 is 2.41 bits per heavy atom. The molecule has 0 saturated heterocycles. The fraction of sp³-hybridized carbons (Fsp3) is 0.167. The highest BCUT2D eigenvalue weighted by Gasteiger charge is 2.20.